The molecule has 0 saturated carbocycles. The predicted molar refractivity (Wildman–Crippen MR) is 86.2 cm³/mol. The predicted octanol–water partition coefficient (Wildman–Crippen LogP) is 4.37. The highest BCUT2D eigenvalue weighted by Gasteiger charge is 2.28. The van der Waals surface area contributed by atoms with E-state index in [0.29, 0.717) is 0 Å². The lowest BCUT2D eigenvalue weighted by atomic mass is 10.2. The molecule has 0 bridgehead atoms. The van der Waals surface area contributed by atoms with Gasteiger partial charge >= 0.3 is 13.6 Å². The van der Waals surface area contributed by atoms with E-state index in [2.05, 4.69) is 0 Å². The second kappa shape index (κ2) is 9.36. The smallest absolute Gasteiger partial charge is 0.364 e. The molecule has 1 aromatic carbocycles. The van der Waals surface area contributed by atoms with Crippen LogP contribution in [0.3, 0.4) is 0 Å². The third-order valence-corrected chi connectivity index (χ3v) is 4.59. The number of benzene rings is 1. The number of carbonyl (C=O) groups excluding carboxylic acids is 1. The van der Waals surface area contributed by atoms with Gasteiger partial charge in [0.15, 0.2) is 0 Å². The van der Waals surface area contributed by atoms with Crippen LogP contribution in [0.2, 0.25) is 0 Å². The molecule has 1 aromatic rings. The average Bonchev–Trinajstić information content (AvgIpc) is 2.48. The minimum atomic E-state index is -3.53. The van der Waals surface area contributed by atoms with E-state index < -0.39 is 13.6 Å². The zero-order chi connectivity index (χ0) is 16.4. The molecule has 0 amide bonds. The molecule has 0 atom stereocenters. The van der Waals surface area contributed by atoms with Gasteiger partial charge in [-0.15, -0.1) is 0 Å². The van der Waals surface area contributed by atoms with Gasteiger partial charge in [-0.1, -0.05) is 36.4 Å². The largest absolute Gasteiger partial charge is 0.434 e. The summed E-state index contributed by atoms with van der Waals surface area (Å²) < 4.78 is 28.2. The normalized spacial score (nSPS) is 12.6. The Balaban J connectivity index is 3.11. The van der Waals surface area contributed by atoms with Gasteiger partial charge in [-0.25, -0.2) is 0 Å². The molecule has 6 heteroatoms. The van der Waals surface area contributed by atoms with Crippen LogP contribution in [0.15, 0.2) is 48.0 Å². The van der Waals surface area contributed by atoms with Crippen LogP contribution >= 0.6 is 7.60 Å². The molecule has 0 aliphatic rings. The Labute approximate surface area is 131 Å². The van der Waals surface area contributed by atoms with Crippen molar-refractivity contribution >= 4 is 19.6 Å². The Morgan fingerprint density at radius 1 is 1.14 bits per heavy atom. The number of hydrogen-bond donors (Lipinski definition) is 0. The molecule has 5 nitrogen and oxygen atoms in total. The third kappa shape index (κ3) is 5.98. The molecule has 120 valence electrons. The van der Waals surface area contributed by atoms with E-state index >= 15 is 0 Å². The van der Waals surface area contributed by atoms with Gasteiger partial charge in [0.05, 0.1) is 18.5 Å². The first-order valence-electron chi connectivity index (χ1n) is 7.02. The van der Waals surface area contributed by atoms with Gasteiger partial charge in [0.25, 0.3) is 0 Å². The molecule has 0 fully saturated rings. The van der Waals surface area contributed by atoms with E-state index in [1.165, 1.54) is 6.92 Å². The second-order valence-electron chi connectivity index (χ2n) is 4.23. The van der Waals surface area contributed by atoms with Crippen molar-refractivity contribution in [3.63, 3.8) is 0 Å². The van der Waals surface area contributed by atoms with Crippen LogP contribution in [0.25, 0.3) is 6.08 Å². The fraction of sp³-hybridized carbons (Fsp3) is 0.312. The average molecular weight is 324 g/mol. The lowest BCUT2D eigenvalue weighted by Gasteiger charge is -2.17. The van der Waals surface area contributed by atoms with E-state index in [0.717, 1.165) is 11.8 Å². The van der Waals surface area contributed by atoms with Crippen molar-refractivity contribution in [1.29, 1.82) is 0 Å². The molecule has 0 unspecified atom stereocenters. The number of allylic oxidation sites excluding steroid dienone is 2. The molecular weight excluding hydrogens is 303 g/mol. The quantitative estimate of drug-likeness (QED) is 0.307. The van der Waals surface area contributed by atoms with Crippen molar-refractivity contribution in [2.24, 2.45) is 0 Å². The molecule has 0 spiro atoms. The van der Waals surface area contributed by atoms with E-state index in [4.69, 9.17) is 13.8 Å². The Kier molecular flexibility index (Phi) is 7.82. The number of hydrogen-bond acceptors (Lipinski definition) is 5. The monoisotopic (exact) mass is 324 g/mol. The van der Waals surface area contributed by atoms with Crippen LogP contribution in [0.4, 0.5) is 0 Å². The summed E-state index contributed by atoms with van der Waals surface area (Å²) in [5.41, 5.74) is 0.913. The van der Waals surface area contributed by atoms with Crippen LogP contribution < -0.4 is 0 Å². The van der Waals surface area contributed by atoms with Crippen molar-refractivity contribution in [3.8, 4) is 0 Å². The van der Waals surface area contributed by atoms with Crippen LogP contribution in [0, 0.1) is 0 Å². The highest BCUT2D eigenvalue weighted by Crippen LogP contribution is 2.56. The highest BCUT2D eigenvalue weighted by molar-refractivity contribution is 7.58. The first-order valence-corrected chi connectivity index (χ1v) is 8.56. The molecule has 0 radical (unpaired) electrons. The Morgan fingerprint density at radius 3 is 2.23 bits per heavy atom. The summed E-state index contributed by atoms with van der Waals surface area (Å²) in [4.78, 5) is 11.0. The van der Waals surface area contributed by atoms with Gasteiger partial charge in [0.2, 0.25) is 0 Å². The summed E-state index contributed by atoms with van der Waals surface area (Å²) in [5, 5.41) is 0.190. The maximum Gasteiger partial charge on any atom is 0.364 e. The van der Waals surface area contributed by atoms with Gasteiger partial charge in [0, 0.05) is 6.92 Å². The molecule has 1 rings (SSSR count). The number of rotatable bonds is 8. The highest BCUT2D eigenvalue weighted by atomic mass is 31.2. The summed E-state index contributed by atoms with van der Waals surface area (Å²) in [5.74, 6) is -0.509. The molecule has 22 heavy (non-hydrogen) atoms. The van der Waals surface area contributed by atoms with E-state index in [-0.39, 0.29) is 18.5 Å². The van der Waals surface area contributed by atoms with Gasteiger partial charge in [-0.05, 0) is 25.5 Å². The Bertz CT molecular complexity index is 567. The fourth-order valence-corrected chi connectivity index (χ4v) is 3.10. The SMILES string of the molecule is CCOP(=O)(OCC)C(/C=C/c1ccccc1)=C/OC(C)=O. The topological polar surface area (TPSA) is 61.8 Å². The lowest BCUT2D eigenvalue weighted by molar-refractivity contribution is -0.135. The first kappa shape index (κ1) is 18.4. The van der Waals surface area contributed by atoms with Crippen LogP contribution in [0.5, 0.6) is 0 Å². The summed E-state index contributed by atoms with van der Waals surface area (Å²) >= 11 is 0. The molecule has 0 aromatic heterocycles. The van der Waals surface area contributed by atoms with E-state index in [1.807, 2.05) is 30.3 Å². The number of ether oxygens (including phenoxy) is 1. The summed E-state index contributed by atoms with van der Waals surface area (Å²) in [6.07, 6.45) is 4.44. The molecule has 0 aliphatic heterocycles. The standard InChI is InChI=1S/C16H21O5P/c1-4-20-22(18,21-5-2)16(13-19-14(3)17)12-11-15-9-7-6-8-10-15/h6-13H,4-5H2,1-3H3/b12-11+,16-13+. The Morgan fingerprint density at radius 2 is 1.73 bits per heavy atom. The summed E-state index contributed by atoms with van der Waals surface area (Å²) in [6.45, 7) is 5.13. The van der Waals surface area contributed by atoms with E-state index in [9.17, 15) is 9.36 Å². The van der Waals surface area contributed by atoms with Crippen LogP contribution in [0.1, 0.15) is 26.3 Å². The maximum absolute atomic E-state index is 12.8. The van der Waals surface area contributed by atoms with Gasteiger partial charge in [0.1, 0.15) is 6.26 Å². The zero-order valence-corrected chi connectivity index (χ0v) is 13.9. The molecule has 0 heterocycles. The molecule has 0 aliphatic carbocycles. The number of esters is 1. The maximum atomic E-state index is 12.8. The molecule has 0 N–H and O–H groups in total. The first-order chi connectivity index (χ1) is 10.5. The van der Waals surface area contributed by atoms with Gasteiger partial charge in [-0.3, -0.25) is 9.36 Å². The summed E-state index contributed by atoms with van der Waals surface area (Å²) in [7, 11) is -3.53. The van der Waals surface area contributed by atoms with Crippen molar-refractivity contribution in [1.82, 2.24) is 0 Å². The van der Waals surface area contributed by atoms with Crippen LogP contribution in [-0.2, 0) is 23.1 Å². The number of carbonyl (C=O) groups is 1. The minimum absolute atomic E-state index is 0.190. The molecule has 0 saturated heterocycles. The van der Waals surface area contributed by atoms with Gasteiger partial charge < -0.3 is 13.8 Å². The minimum Gasteiger partial charge on any atom is -0.434 e. The lowest BCUT2D eigenvalue weighted by Crippen LogP contribution is -2.00. The van der Waals surface area contributed by atoms with Crippen LogP contribution in [-0.4, -0.2) is 19.2 Å². The fourth-order valence-electron chi connectivity index (χ4n) is 1.61. The van der Waals surface area contributed by atoms with Crippen molar-refractivity contribution in [3.05, 3.63) is 53.5 Å². The van der Waals surface area contributed by atoms with E-state index in [1.54, 1.807) is 26.0 Å². The second-order valence-corrected chi connectivity index (χ2v) is 6.26. The van der Waals surface area contributed by atoms with Crippen molar-refractivity contribution < 1.29 is 23.1 Å². The third-order valence-electron chi connectivity index (χ3n) is 2.51. The van der Waals surface area contributed by atoms with Gasteiger partial charge in [-0.2, -0.15) is 0 Å². The Hall–Kier alpha value is -1.68. The van der Waals surface area contributed by atoms with Crippen molar-refractivity contribution in [2.75, 3.05) is 13.2 Å². The summed E-state index contributed by atoms with van der Waals surface area (Å²) in [6, 6.07) is 9.47. The van der Waals surface area contributed by atoms with Crippen molar-refractivity contribution in [2.45, 2.75) is 20.8 Å². The zero-order valence-electron chi connectivity index (χ0n) is 13.0. The molecular formula is C16H21O5P.